The van der Waals surface area contributed by atoms with E-state index < -0.39 is 6.10 Å². The molecule has 0 saturated carbocycles. The summed E-state index contributed by atoms with van der Waals surface area (Å²) in [4.78, 5) is 10.3. The molecule has 0 aliphatic carbocycles. The maximum absolute atomic E-state index is 10.3. The topological polar surface area (TPSA) is 76.0 Å². The standard InChI is InChI=1S/C6H12O2.C4H10O.C3H8O2/c1-3-5-8-6(7)4-2;1-3-5-4-2;1-3(5)2-4/h3-5H2,1-2H3;3-4H2,1-2H3;3-5H,2H2,1H3. The first-order chi connectivity index (χ1) is 8.49. The second-order valence-electron chi connectivity index (χ2n) is 3.39. The average Bonchev–Trinajstić information content (AvgIpc) is 2.38. The summed E-state index contributed by atoms with van der Waals surface area (Å²) in [6, 6.07) is 0. The van der Waals surface area contributed by atoms with E-state index in [2.05, 4.69) is 0 Å². The van der Waals surface area contributed by atoms with Crippen LogP contribution in [0, 0.1) is 0 Å². The van der Waals surface area contributed by atoms with E-state index in [1.165, 1.54) is 6.92 Å². The number of carbonyl (C=O) groups excluding carboxylic acids is 1. The van der Waals surface area contributed by atoms with Crippen molar-refractivity contribution in [1.82, 2.24) is 0 Å². The van der Waals surface area contributed by atoms with Gasteiger partial charge in [-0.1, -0.05) is 13.8 Å². The van der Waals surface area contributed by atoms with Crippen molar-refractivity contribution in [2.24, 2.45) is 0 Å². The van der Waals surface area contributed by atoms with E-state index in [-0.39, 0.29) is 12.6 Å². The van der Waals surface area contributed by atoms with Crippen LogP contribution in [0.5, 0.6) is 0 Å². The lowest BCUT2D eigenvalue weighted by Gasteiger charge is -1.97. The molecule has 0 aliphatic heterocycles. The molecule has 5 heteroatoms. The highest BCUT2D eigenvalue weighted by molar-refractivity contribution is 5.68. The van der Waals surface area contributed by atoms with Crippen LogP contribution < -0.4 is 0 Å². The van der Waals surface area contributed by atoms with Gasteiger partial charge in [0.25, 0.3) is 0 Å². The predicted molar refractivity (Wildman–Crippen MR) is 72.5 cm³/mol. The Labute approximate surface area is 111 Å². The van der Waals surface area contributed by atoms with Crippen LogP contribution in [0.1, 0.15) is 47.5 Å². The number of hydrogen-bond acceptors (Lipinski definition) is 5. The Balaban J connectivity index is -0.000000197. The number of rotatable bonds is 6. The fourth-order valence-corrected chi connectivity index (χ4v) is 0.522. The van der Waals surface area contributed by atoms with E-state index in [9.17, 15) is 4.79 Å². The summed E-state index contributed by atoms with van der Waals surface area (Å²) in [6.45, 7) is 11.4. The van der Waals surface area contributed by atoms with Crippen LogP contribution in [0.15, 0.2) is 0 Å². The molecule has 1 atom stereocenters. The molecular weight excluding hydrogens is 236 g/mol. The molecule has 2 N–H and O–H groups in total. The monoisotopic (exact) mass is 266 g/mol. The van der Waals surface area contributed by atoms with E-state index >= 15 is 0 Å². The fraction of sp³-hybridized carbons (Fsp3) is 0.923. The molecule has 0 radical (unpaired) electrons. The zero-order valence-electron chi connectivity index (χ0n) is 12.4. The third-order valence-electron chi connectivity index (χ3n) is 1.43. The normalized spacial score (nSPS) is 10.4. The Morgan fingerprint density at radius 1 is 1.17 bits per heavy atom. The van der Waals surface area contributed by atoms with Gasteiger partial charge in [0.2, 0.25) is 0 Å². The Kier molecular flexibility index (Phi) is 27.0. The number of carbonyl (C=O) groups is 1. The van der Waals surface area contributed by atoms with Crippen LogP contribution in [-0.2, 0) is 14.3 Å². The van der Waals surface area contributed by atoms with Crippen LogP contribution in [0.2, 0.25) is 0 Å². The third-order valence-corrected chi connectivity index (χ3v) is 1.43. The zero-order chi connectivity index (χ0) is 14.8. The quantitative estimate of drug-likeness (QED) is 0.716. The van der Waals surface area contributed by atoms with Gasteiger partial charge in [0.15, 0.2) is 0 Å². The van der Waals surface area contributed by atoms with Crippen molar-refractivity contribution in [1.29, 1.82) is 0 Å². The first kappa shape index (κ1) is 22.5. The van der Waals surface area contributed by atoms with Crippen molar-refractivity contribution < 1.29 is 24.5 Å². The smallest absolute Gasteiger partial charge is 0.305 e. The number of hydrogen-bond donors (Lipinski definition) is 2. The lowest BCUT2D eigenvalue weighted by atomic mass is 10.5. The number of esters is 1. The van der Waals surface area contributed by atoms with Gasteiger partial charge in [0, 0.05) is 19.6 Å². The van der Waals surface area contributed by atoms with Crippen molar-refractivity contribution in [2.45, 2.75) is 53.6 Å². The molecule has 0 bridgehead atoms. The fourth-order valence-electron chi connectivity index (χ4n) is 0.522. The van der Waals surface area contributed by atoms with Crippen LogP contribution in [0.25, 0.3) is 0 Å². The van der Waals surface area contributed by atoms with E-state index in [1.807, 2.05) is 20.8 Å². The lowest BCUT2D eigenvalue weighted by molar-refractivity contribution is -0.143. The predicted octanol–water partition coefficient (Wildman–Crippen LogP) is 1.75. The van der Waals surface area contributed by atoms with E-state index in [4.69, 9.17) is 19.7 Å². The molecule has 0 aromatic carbocycles. The Hall–Kier alpha value is -0.650. The molecule has 112 valence electrons. The summed E-state index contributed by atoms with van der Waals surface area (Å²) < 4.78 is 9.53. The summed E-state index contributed by atoms with van der Waals surface area (Å²) in [5.41, 5.74) is 0. The molecule has 0 heterocycles. The molecule has 0 fully saturated rings. The average molecular weight is 266 g/mol. The maximum Gasteiger partial charge on any atom is 0.305 e. The van der Waals surface area contributed by atoms with Crippen molar-refractivity contribution in [3.63, 3.8) is 0 Å². The van der Waals surface area contributed by atoms with E-state index in [0.717, 1.165) is 19.6 Å². The van der Waals surface area contributed by atoms with Crippen molar-refractivity contribution >= 4 is 5.97 Å². The van der Waals surface area contributed by atoms with Gasteiger partial charge in [-0.25, -0.2) is 0 Å². The molecule has 0 aromatic heterocycles. The molecular formula is C13H30O5. The van der Waals surface area contributed by atoms with Crippen LogP contribution >= 0.6 is 0 Å². The number of aliphatic hydroxyl groups is 2. The SMILES string of the molecule is CC(O)CO.CCCOC(=O)CC.CCOCC. The van der Waals surface area contributed by atoms with Crippen molar-refractivity contribution in [2.75, 3.05) is 26.4 Å². The highest BCUT2D eigenvalue weighted by atomic mass is 16.5. The second-order valence-corrected chi connectivity index (χ2v) is 3.39. The molecule has 0 amide bonds. The van der Waals surface area contributed by atoms with Crippen LogP contribution in [0.3, 0.4) is 0 Å². The Morgan fingerprint density at radius 3 is 1.78 bits per heavy atom. The first-order valence-corrected chi connectivity index (χ1v) is 6.52. The second kappa shape index (κ2) is 21.6. The minimum Gasteiger partial charge on any atom is -0.466 e. The number of ether oxygens (including phenoxy) is 2. The van der Waals surface area contributed by atoms with Crippen molar-refractivity contribution in [3.05, 3.63) is 0 Å². The highest BCUT2D eigenvalue weighted by Gasteiger charge is 1.93. The molecule has 18 heavy (non-hydrogen) atoms. The van der Waals surface area contributed by atoms with Crippen molar-refractivity contribution in [3.8, 4) is 0 Å². The minimum atomic E-state index is -0.560. The lowest BCUT2D eigenvalue weighted by Crippen LogP contribution is -2.03. The molecule has 0 aliphatic rings. The highest BCUT2D eigenvalue weighted by Crippen LogP contribution is 1.85. The van der Waals surface area contributed by atoms with Crippen LogP contribution in [-0.4, -0.2) is 48.7 Å². The van der Waals surface area contributed by atoms with Gasteiger partial charge in [-0.15, -0.1) is 0 Å². The first-order valence-electron chi connectivity index (χ1n) is 6.52. The Morgan fingerprint density at radius 2 is 1.61 bits per heavy atom. The van der Waals surface area contributed by atoms with Gasteiger partial charge in [0.1, 0.15) is 0 Å². The zero-order valence-corrected chi connectivity index (χ0v) is 12.4. The Bertz CT molecular complexity index is 146. The van der Waals surface area contributed by atoms with Gasteiger partial charge < -0.3 is 19.7 Å². The molecule has 0 aromatic rings. The number of aliphatic hydroxyl groups excluding tert-OH is 2. The summed E-state index contributed by atoms with van der Waals surface area (Å²) in [7, 11) is 0. The van der Waals surface area contributed by atoms with Gasteiger partial charge in [0.05, 0.1) is 19.3 Å². The van der Waals surface area contributed by atoms with E-state index in [0.29, 0.717) is 13.0 Å². The third kappa shape index (κ3) is 36.2. The van der Waals surface area contributed by atoms with Gasteiger partial charge in [-0.3, -0.25) is 4.79 Å². The molecule has 1 unspecified atom stereocenters. The van der Waals surface area contributed by atoms with Crippen LogP contribution in [0.4, 0.5) is 0 Å². The van der Waals surface area contributed by atoms with Gasteiger partial charge >= 0.3 is 5.97 Å². The summed E-state index contributed by atoms with van der Waals surface area (Å²) in [6.07, 6.45) is 0.834. The summed E-state index contributed by atoms with van der Waals surface area (Å²) >= 11 is 0. The van der Waals surface area contributed by atoms with Gasteiger partial charge in [-0.2, -0.15) is 0 Å². The molecule has 0 rings (SSSR count). The van der Waals surface area contributed by atoms with Gasteiger partial charge in [-0.05, 0) is 27.2 Å². The maximum atomic E-state index is 10.3. The molecule has 5 nitrogen and oxygen atoms in total. The summed E-state index contributed by atoms with van der Waals surface area (Å²) in [5.74, 6) is -0.105. The molecule has 0 spiro atoms. The molecule has 0 saturated heterocycles. The minimum absolute atomic E-state index is 0.105. The van der Waals surface area contributed by atoms with E-state index in [1.54, 1.807) is 6.92 Å². The summed E-state index contributed by atoms with van der Waals surface area (Å²) in [5, 5.41) is 16.0. The largest absolute Gasteiger partial charge is 0.466 e.